The molecule has 2 rings (SSSR count). The number of aromatic nitrogens is 1. The first-order chi connectivity index (χ1) is 9.08. The molecule has 0 radical (unpaired) electrons. The number of nitrogens with two attached hydrogens (primary N) is 2. The minimum atomic E-state index is -0.503. The predicted octanol–water partition coefficient (Wildman–Crippen LogP) is 1.94. The third-order valence-corrected chi connectivity index (χ3v) is 2.89. The van der Waals surface area contributed by atoms with Crippen LogP contribution >= 0.6 is 0 Å². The van der Waals surface area contributed by atoms with E-state index in [1.165, 1.54) is 0 Å². The predicted molar refractivity (Wildman–Crippen MR) is 75.6 cm³/mol. The highest BCUT2D eigenvalue weighted by molar-refractivity contribution is 5.99. The smallest absolute Gasteiger partial charge is 0.250 e. The first-order valence-corrected chi connectivity index (χ1v) is 5.93. The Morgan fingerprint density at radius 1 is 1.26 bits per heavy atom. The van der Waals surface area contributed by atoms with Crippen molar-refractivity contribution in [2.75, 3.05) is 11.1 Å². The molecular weight excluding hydrogens is 240 g/mol. The molecule has 5 N–H and O–H groups in total. The Labute approximate surface area is 111 Å². The van der Waals surface area contributed by atoms with Crippen LogP contribution in [-0.2, 0) is 0 Å². The van der Waals surface area contributed by atoms with Crippen molar-refractivity contribution in [2.45, 2.75) is 13.0 Å². The van der Waals surface area contributed by atoms with E-state index in [2.05, 4.69) is 10.3 Å². The van der Waals surface area contributed by atoms with Gasteiger partial charge in [-0.25, -0.2) is 0 Å². The maximum atomic E-state index is 11.4. The van der Waals surface area contributed by atoms with Crippen LogP contribution in [0.15, 0.2) is 42.7 Å². The number of nitrogens with one attached hydrogen (secondary N) is 1. The minimum absolute atomic E-state index is 0.0322. The van der Waals surface area contributed by atoms with Crippen LogP contribution in [0.2, 0.25) is 0 Å². The fraction of sp³-hybridized carbons (Fsp3) is 0.143. The molecule has 0 spiro atoms. The lowest BCUT2D eigenvalue weighted by atomic mass is 10.1. The summed E-state index contributed by atoms with van der Waals surface area (Å²) in [4.78, 5) is 15.4. The van der Waals surface area contributed by atoms with E-state index in [0.29, 0.717) is 16.9 Å². The molecule has 0 fully saturated rings. The average molecular weight is 256 g/mol. The Hall–Kier alpha value is -2.56. The van der Waals surface area contributed by atoms with E-state index < -0.39 is 5.91 Å². The number of pyridine rings is 1. The van der Waals surface area contributed by atoms with Crippen molar-refractivity contribution >= 4 is 17.3 Å². The maximum Gasteiger partial charge on any atom is 0.250 e. The largest absolute Gasteiger partial charge is 0.399 e. The summed E-state index contributed by atoms with van der Waals surface area (Å²) < 4.78 is 0. The van der Waals surface area contributed by atoms with Gasteiger partial charge in [0.25, 0.3) is 5.91 Å². The zero-order chi connectivity index (χ0) is 13.8. The van der Waals surface area contributed by atoms with Crippen molar-refractivity contribution in [1.82, 2.24) is 4.98 Å². The molecule has 0 aliphatic heterocycles. The van der Waals surface area contributed by atoms with E-state index >= 15 is 0 Å². The zero-order valence-corrected chi connectivity index (χ0v) is 10.6. The summed E-state index contributed by atoms with van der Waals surface area (Å²) in [7, 11) is 0. The molecule has 1 atom stereocenters. The molecule has 0 saturated carbocycles. The Kier molecular flexibility index (Phi) is 3.66. The van der Waals surface area contributed by atoms with Gasteiger partial charge in [0, 0.05) is 29.8 Å². The number of anilines is 2. The third-order valence-electron chi connectivity index (χ3n) is 2.89. The second-order valence-electron chi connectivity index (χ2n) is 4.32. The van der Waals surface area contributed by atoms with Gasteiger partial charge in [0.15, 0.2) is 0 Å². The first-order valence-electron chi connectivity index (χ1n) is 5.93. The van der Waals surface area contributed by atoms with E-state index in [-0.39, 0.29) is 6.04 Å². The molecule has 0 saturated heterocycles. The number of nitrogen functional groups attached to an aromatic ring is 1. The van der Waals surface area contributed by atoms with Gasteiger partial charge in [-0.3, -0.25) is 9.78 Å². The number of carbonyl (C=O) groups excluding carboxylic acids is 1. The van der Waals surface area contributed by atoms with Crippen molar-refractivity contribution < 1.29 is 4.79 Å². The molecule has 0 aliphatic carbocycles. The molecule has 1 unspecified atom stereocenters. The van der Waals surface area contributed by atoms with Crippen molar-refractivity contribution in [3.05, 3.63) is 53.9 Å². The van der Waals surface area contributed by atoms with Crippen LogP contribution in [0, 0.1) is 0 Å². The van der Waals surface area contributed by atoms with Crippen LogP contribution < -0.4 is 16.8 Å². The molecule has 1 aromatic heterocycles. The molecule has 19 heavy (non-hydrogen) atoms. The topological polar surface area (TPSA) is 94.0 Å². The summed E-state index contributed by atoms with van der Waals surface area (Å²) in [5.41, 5.74) is 13.7. The van der Waals surface area contributed by atoms with Gasteiger partial charge in [0.05, 0.1) is 5.56 Å². The fourth-order valence-electron chi connectivity index (χ4n) is 1.86. The van der Waals surface area contributed by atoms with Gasteiger partial charge in [0.1, 0.15) is 0 Å². The Morgan fingerprint density at radius 3 is 2.58 bits per heavy atom. The number of primary amides is 1. The van der Waals surface area contributed by atoms with E-state index in [1.54, 1.807) is 30.6 Å². The lowest BCUT2D eigenvalue weighted by Crippen LogP contribution is -2.16. The monoisotopic (exact) mass is 256 g/mol. The molecular formula is C14H16N4O. The van der Waals surface area contributed by atoms with Crippen LogP contribution in [0.3, 0.4) is 0 Å². The zero-order valence-electron chi connectivity index (χ0n) is 10.6. The normalized spacial score (nSPS) is 11.8. The van der Waals surface area contributed by atoms with E-state index in [0.717, 1.165) is 5.56 Å². The standard InChI is InChI=1S/C14H16N4O/c1-9(10-4-6-17-7-5-10)18-13-3-2-11(15)8-12(13)14(16)19/h2-9,18H,15H2,1H3,(H2,16,19). The number of carbonyl (C=O) groups is 1. The molecule has 98 valence electrons. The summed E-state index contributed by atoms with van der Waals surface area (Å²) in [6.45, 7) is 2.00. The van der Waals surface area contributed by atoms with Crippen molar-refractivity contribution in [3.8, 4) is 0 Å². The van der Waals surface area contributed by atoms with Gasteiger partial charge in [-0.05, 0) is 42.8 Å². The first kappa shape index (κ1) is 12.9. The number of hydrogen-bond acceptors (Lipinski definition) is 4. The highest BCUT2D eigenvalue weighted by atomic mass is 16.1. The summed E-state index contributed by atoms with van der Waals surface area (Å²) in [5, 5.41) is 3.25. The molecule has 1 aromatic carbocycles. The van der Waals surface area contributed by atoms with Crippen molar-refractivity contribution in [3.63, 3.8) is 0 Å². The second-order valence-corrected chi connectivity index (χ2v) is 4.32. The van der Waals surface area contributed by atoms with E-state index in [4.69, 9.17) is 11.5 Å². The van der Waals surface area contributed by atoms with Gasteiger partial charge in [0.2, 0.25) is 0 Å². The molecule has 0 bridgehead atoms. The molecule has 2 aromatic rings. The SMILES string of the molecule is CC(Nc1ccc(N)cc1C(N)=O)c1ccncc1. The summed E-state index contributed by atoms with van der Waals surface area (Å²) >= 11 is 0. The highest BCUT2D eigenvalue weighted by Gasteiger charge is 2.12. The van der Waals surface area contributed by atoms with Gasteiger partial charge in [-0.1, -0.05) is 0 Å². The number of hydrogen-bond donors (Lipinski definition) is 3. The molecule has 1 heterocycles. The number of rotatable bonds is 4. The molecule has 5 heteroatoms. The van der Waals surface area contributed by atoms with Crippen LogP contribution in [0.4, 0.5) is 11.4 Å². The van der Waals surface area contributed by atoms with Crippen LogP contribution in [0.1, 0.15) is 28.9 Å². The van der Waals surface area contributed by atoms with Crippen LogP contribution in [0.5, 0.6) is 0 Å². The Balaban J connectivity index is 2.26. The van der Waals surface area contributed by atoms with Crippen LogP contribution in [0.25, 0.3) is 0 Å². The van der Waals surface area contributed by atoms with Gasteiger partial charge >= 0.3 is 0 Å². The maximum absolute atomic E-state index is 11.4. The van der Waals surface area contributed by atoms with Crippen molar-refractivity contribution in [1.29, 1.82) is 0 Å². The average Bonchev–Trinajstić information content (AvgIpc) is 2.41. The van der Waals surface area contributed by atoms with Gasteiger partial charge < -0.3 is 16.8 Å². The van der Waals surface area contributed by atoms with Crippen LogP contribution in [-0.4, -0.2) is 10.9 Å². The molecule has 5 nitrogen and oxygen atoms in total. The van der Waals surface area contributed by atoms with Crippen molar-refractivity contribution in [2.24, 2.45) is 5.73 Å². The Morgan fingerprint density at radius 2 is 1.95 bits per heavy atom. The lowest BCUT2D eigenvalue weighted by Gasteiger charge is -2.17. The lowest BCUT2D eigenvalue weighted by molar-refractivity contribution is 0.100. The third kappa shape index (κ3) is 3.01. The number of nitrogens with zero attached hydrogens (tertiary/aromatic N) is 1. The van der Waals surface area contributed by atoms with Gasteiger partial charge in [-0.15, -0.1) is 0 Å². The van der Waals surface area contributed by atoms with E-state index in [9.17, 15) is 4.79 Å². The summed E-state index contributed by atoms with van der Waals surface area (Å²) in [6.07, 6.45) is 3.46. The van der Waals surface area contributed by atoms with Gasteiger partial charge in [-0.2, -0.15) is 0 Å². The number of benzene rings is 1. The highest BCUT2D eigenvalue weighted by Crippen LogP contribution is 2.23. The number of amides is 1. The second kappa shape index (κ2) is 5.39. The minimum Gasteiger partial charge on any atom is -0.399 e. The summed E-state index contributed by atoms with van der Waals surface area (Å²) in [6, 6.07) is 8.92. The summed E-state index contributed by atoms with van der Waals surface area (Å²) in [5.74, 6) is -0.503. The Bertz CT molecular complexity index is 583. The fourth-order valence-corrected chi connectivity index (χ4v) is 1.86. The quantitative estimate of drug-likeness (QED) is 0.728. The van der Waals surface area contributed by atoms with E-state index in [1.807, 2.05) is 19.1 Å². The molecule has 0 aliphatic rings. The molecule has 1 amide bonds.